The topological polar surface area (TPSA) is 88.7 Å². The molecule has 8 heteroatoms. The van der Waals surface area contributed by atoms with Gasteiger partial charge in [0.15, 0.2) is 5.17 Å². The molecule has 0 N–H and O–H groups in total. The molecule has 2 aromatic rings. The van der Waals surface area contributed by atoms with E-state index in [4.69, 9.17) is 0 Å². The number of pyridine rings is 1. The summed E-state index contributed by atoms with van der Waals surface area (Å²) in [5.74, 6) is 0.388. The first-order valence-electron chi connectivity index (χ1n) is 7.27. The molecule has 0 saturated carbocycles. The second kappa shape index (κ2) is 7.22. The molecule has 0 radical (unpaired) electrons. The van der Waals surface area contributed by atoms with Gasteiger partial charge in [0.25, 0.3) is 11.6 Å². The van der Waals surface area contributed by atoms with Crippen LogP contribution in [0.15, 0.2) is 53.8 Å². The first-order valence-corrected chi connectivity index (χ1v) is 8.26. The number of hydrogen-bond acceptors (Lipinski definition) is 6. The highest BCUT2D eigenvalue weighted by molar-refractivity contribution is 8.13. The summed E-state index contributed by atoms with van der Waals surface area (Å²) in [4.78, 5) is 33.0. The van der Waals surface area contributed by atoms with Crippen molar-refractivity contribution >= 4 is 28.5 Å². The first-order chi connectivity index (χ1) is 11.6. The molecule has 0 aliphatic carbocycles. The van der Waals surface area contributed by atoms with Crippen LogP contribution in [-0.2, 0) is 5.75 Å². The van der Waals surface area contributed by atoms with Gasteiger partial charge < -0.3 is 0 Å². The molecule has 0 spiro atoms. The highest BCUT2D eigenvalue weighted by Crippen LogP contribution is 2.22. The summed E-state index contributed by atoms with van der Waals surface area (Å²) in [6, 6.07) is 9.58. The monoisotopic (exact) mass is 342 g/mol. The molecule has 1 aliphatic rings. The second-order valence-electron chi connectivity index (χ2n) is 5.08. The van der Waals surface area contributed by atoms with Gasteiger partial charge in [-0.05, 0) is 17.7 Å². The first kappa shape index (κ1) is 16.1. The fourth-order valence-corrected chi connectivity index (χ4v) is 3.26. The van der Waals surface area contributed by atoms with Crippen molar-refractivity contribution in [1.29, 1.82) is 0 Å². The Morgan fingerprint density at radius 1 is 1.33 bits per heavy atom. The van der Waals surface area contributed by atoms with Crippen molar-refractivity contribution in [3.63, 3.8) is 0 Å². The van der Waals surface area contributed by atoms with E-state index in [0.29, 0.717) is 29.6 Å². The van der Waals surface area contributed by atoms with Crippen molar-refractivity contribution in [3.8, 4) is 0 Å². The molecular weight excluding hydrogens is 328 g/mol. The SMILES string of the molecule is O=C(c1cccc([N+](=O)[O-])c1)N1CCN=C1SCc1cccnc1. The molecule has 0 unspecified atom stereocenters. The summed E-state index contributed by atoms with van der Waals surface area (Å²) in [6.45, 7) is 1.02. The van der Waals surface area contributed by atoms with Crippen molar-refractivity contribution in [1.82, 2.24) is 9.88 Å². The zero-order valence-electron chi connectivity index (χ0n) is 12.7. The predicted octanol–water partition coefficient (Wildman–Crippen LogP) is 2.74. The van der Waals surface area contributed by atoms with E-state index in [2.05, 4.69) is 9.98 Å². The summed E-state index contributed by atoms with van der Waals surface area (Å²) >= 11 is 1.46. The number of aromatic nitrogens is 1. The Bertz CT molecular complexity index is 795. The van der Waals surface area contributed by atoms with Crippen LogP contribution in [0, 0.1) is 10.1 Å². The number of carbonyl (C=O) groups is 1. The van der Waals surface area contributed by atoms with E-state index in [1.807, 2.05) is 12.1 Å². The molecule has 24 heavy (non-hydrogen) atoms. The summed E-state index contributed by atoms with van der Waals surface area (Å²) in [5, 5.41) is 11.5. The van der Waals surface area contributed by atoms with Crippen molar-refractivity contribution in [2.75, 3.05) is 13.1 Å². The Kier molecular flexibility index (Phi) is 4.85. The summed E-state index contributed by atoms with van der Waals surface area (Å²) in [6.07, 6.45) is 3.48. The van der Waals surface area contributed by atoms with E-state index in [1.54, 1.807) is 23.4 Å². The van der Waals surface area contributed by atoms with Crippen LogP contribution in [0.5, 0.6) is 0 Å². The molecule has 0 bridgehead atoms. The molecule has 1 aliphatic heterocycles. The summed E-state index contributed by atoms with van der Waals surface area (Å²) in [5.41, 5.74) is 1.24. The average molecular weight is 342 g/mol. The standard InChI is InChI=1S/C16H14N4O3S/c21-15(13-4-1-5-14(9-13)20(22)23)19-8-7-18-16(19)24-11-12-3-2-6-17-10-12/h1-6,9-10H,7-8,11H2. The molecule has 1 amide bonds. The number of non-ortho nitro benzene ring substituents is 1. The Labute approximate surface area is 142 Å². The molecule has 1 aromatic heterocycles. The van der Waals surface area contributed by atoms with Gasteiger partial charge in [0.05, 0.1) is 11.5 Å². The Balaban J connectivity index is 1.71. The largest absolute Gasteiger partial charge is 0.286 e. The van der Waals surface area contributed by atoms with Crippen molar-refractivity contribution in [3.05, 3.63) is 70.0 Å². The van der Waals surface area contributed by atoms with Crippen LogP contribution < -0.4 is 0 Å². The van der Waals surface area contributed by atoms with Gasteiger partial charge in [-0.15, -0.1) is 0 Å². The third-order valence-electron chi connectivity index (χ3n) is 3.44. The molecule has 122 valence electrons. The van der Waals surface area contributed by atoms with Gasteiger partial charge >= 0.3 is 0 Å². The van der Waals surface area contributed by atoms with E-state index in [0.717, 1.165) is 5.56 Å². The molecular formula is C16H14N4O3S. The maximum atomic E-state index is 12.6. The lowest BCUT2D eigenvalue weighted by molar-refractivity contribution is -0.384. The molecule has 0 saturated heterocycles. The van der Waals surface area contributed by atoms with Crippen molar-refractivity contribution in [2.45, 2.75) is 5.75 Å². The van der Waals surface area contributed by atoms with Crippen LogP contribution in [0.4, 0.5) is 5.69 Å². The van der Waals surface area contributed by atoms with Gasteiger partial charge in [-0.25, -0.2) is 0 Å². The Hall–Kier alpha value is -2.74. The molecule has 2 heterocycles. The highest BCUT2D eigenvalue weighted by Gasteiger charge is 2.26. The second-order valence-corrected chi connectivity index (χ2v) is 6.02. The fraction of sp³-hybridized carbons (Fsp3) is 0.188. The minimum Gasteiger partial charge on any atom is -0.286 e. The normalized spacial score (nSPS) is 13.7. The zero-order chi connectivity index (χ0) is 16.9. The lowest BCUT2D eigenvalue weighted by Crippen LogP contribution is -2.32. The summed E-state index contributed by atoms with van der Waals surface area (Å²) in [7, 11) is 0. The maximum Gasteiger partial charge on any atom is 0.270 e. The minimum absolute atomic E-state index is 0.0958. The van der Waals surface area contributed by atoms with Gasteiger partial charge in [0, 0.05) is 42.4 Å². The molecule has 0 atom stereocenters. The number of nitro benzene ring substituents is 1. The number of hydrogen-bond donors (Lipinski definition) is 0. The number of rotatable bonds is 4. The lowest BCUT2D eigenvalue weighted by Gasteiger charge is -2.17. The van der Waals surface area contributed by atoms with Crippen LogP contribution in [0.1, 0.15) is 15.9 Å². The molecule has 0 fully saturated rings. The van der Waals surface area contributed by atoms with Crippen molar-refractivity contribution in [2.24, 2.45) is 4.99 Å². The van der Waals surface area contributed by atoms with Crippen LogP contribution >= 0.6 is 11.8 Å². The molecule has 3 rings (SSSR count). The van der Waals surface area contributed by atoms with Gasteiger partial charge in [0.2, 0.25) is 0 Å². The Morgan fingerprint density at radius 3 is 2.96 bits per heavy atom. The van der Waals surface area contributed by atoms with Gasteiger partial charge in [0.1, 0.15) is 0 Å². The number of thioether (sulfide) groups is 1. The third-order valence-corrected chi connectivity index (χ3v) is 4.53. The van der Waals surface area contributed by atoms with Gasteiger partial charge in [-0.2, -0.15) is 0 Å². The van der Waals surface area contributed by atoms with Crippen molar-refractivity contribution < 1.29 is 9.72 Å². The summed E-state index contributed by atoms with van der Waals surface area (Å²) < 4.78 is 0. The zero-order valence-corrected chi connectivity index (χ0v) is 13.5. The van der Waals surface area contributed by atoms with E-state index in [1.165, 1.54) is 30.0 Å². The number of benzene rings is 1. The minimum atomic E-state index is -0.507. The lowest BCUT2D eigenvalue weighted by atomic mass is 10.2. The molecule has 1 aromatic carbocycles. The number of amides is 1. The number of amidine groups is 1. The van der Waals surface area contributed by atoms with E-state index in [9.17, 15) is 14.9 Å². The smallest absolute Gasteiger partial charge is 0.270 e. The van der Waals surface area contributed by atoms with E-state index >= 15 is 0 Å². The third kappa shape index (κ3) is 3.60. The number of nitro groups is 1. The van der Waals surface area contributed by atoms with E-state index < -0.39 is 4.92 Å². The fourth-order valence-electron chi connectivity index (χ4n) is 2.28. The number of carbonyl (C=O) groups excluding carboxylic acids is 1. The van der Waals surface area contributed by atoms with Crippen LogP contribution in [0.3, 0.4) is 0 Å². The Morgan fingerprint density at radius 2 is 2.21 bits per heavy atom. The van der Waals surface area contributed by atoms with Crippen LogP contribution in [-0.4, -0.2) is 39.0 Å². The van der Waals surface area contributed by atoms with Crippen LogP contribution in [0.2, 0.25) is 0 Å². The quantitative estimate of drug-likeness (QED) is 0.629. The number of nitrogens with zero attached hydrogens (tertiary/aromatic N) is 4. The maximum absolute atomic E-state index is 12.6. The average Bonchev–Trinajstić information content (AvgIpc) is 3.09. The molecule has 7 nitrogen and oxygen atoms in total. The van der Waals surface area contributed by atoms with Gasteiger partial charge in [-0.3, -0.25) is 29.8 Å². The highest BCUT2D eigenvalue weighted by atomic mass is 32.2. The number of aliphatic imine (C=N–C) groups is 1. The predicted molar refractivity (Wildman–Crippen MR) is 92.0 cm³/mol. The van der Waals surface area contributed by atoms with Gasteiger partial charge in [-0.1, -0.05) is 23.9 Å². The van der Waals surface area contributed by atoms with E-state index in [-0.39, 0.29) is 11.6 Å². The van der Waals surface area contributed by atoms with Crippen LogP contribution in [0.25, 0.3) is 0 Å².